The molecule has 1 aliphatic rings. The third-order valence-corrected chi connectivity index (χ3v) is 3.18. The van der Waals surface area contributed by atoms with Gasteiger partial charge in [-0.1, -0.05) is 31.5 Å². The standard InChI is InChI=1S/C12H15BClFO2/c1-8-9(4-5-10(14)11(8)15)13-16-6-12(2,3)7-17-13/h4-5H,6-7H2,1-3H3. The first kappa shape index (κ1) is 12.9. The largest absolute Gasteiger partial charge is 0.494 e. The molecule has 1 aromatic rings. The van der Waals surface area contributed by atoms with Crippen molar-refractivity contribution in [3.8, 4) is 0 Å². The molecule has 2 rings (SSSR count). The molecule has 5 heteroatoms. The maximum atomic E-state index is 13.7. The van der Waals surface area contributed by atoms with E-state index in [0.29, 0.717) is 24.2 Å². The van der Waals surface area contributed by atoms with Crippen LogP contribution in [-0.4, -0.2) is 20.3 Å². The van der Waals surface area contributed by atoms with Gasteiger partial charge in [0.15, 0.2) is 0 Å². The Bertz CT molecular complexity index is 427. The van der Waals surface area contributed by atoms with Crippen molar-refractivity contribution in [3.05, 3.63) is 28.5 Å². The van der Waals surface area contributed by atoms with Crippen LogP contribution in [0.4, 0.5) is 4.39 Å². The molecule has 92 valence electrons. The highest BCUT2D eigenvalue weighted by Gasteiger charge is 2.34. The summed E-state index contributed by atoms with van der Waals surface area (Å²) in [4.78, 5) is 0. The van der Waals surface area contributed by atoms with Crippen LogP contribution >= 0.6 is 11.6 Å². The minimum Gasteiger partial charge on any atom is -0.407 e. The molecule has 0 unspecified atom stereocenters. The molecule has 1 heterocycles. The van der Waals surface area contributed by atoms with Gasteiger partial charge in [0.2, 0.25) is 0 Å². The van der Waals surface area contributed by atoms with E-state index in [0.717, 1.165) is 0 Å². The molecule has 0 aromatic heterocycles. The van der Waals surface area contributed by atoms with Crippen molar-refractivity contribution < 1.29 is 13.7 Å². The van der Waals surface area contributed by atoms with E-state index in [1.807, 2.05) is 0 Å². The number of benzene rings is 1. The Balaban J connectivity index is 2.22. The minimum absolute atomic E-state index is 0.00930. The molecule has 0 amide bonds. The second kappa shape index (κ2) is 4.60. The van der Waals surface area contributed by atoms with Crippen molar-refractivity contribution in [1.82, 2.24) is 0 Å². The van der Waals surface area contributed by atoms with Crippen LogP contribution in [0.15, 0.2) is 12.1 Å². The van der Waals surface area contributed by atoms with Crippen molar-refractivity contribution in [2.24, 2.45) is 5.41 Å². The van der Waals surface area contributed by atoms with Gasteiger partial charge in [-0.3, -0.25) is 0 Å². The monoisotopic (exact) mass is 256 g/mol. The lowest BCUT2D eigenvalue weighted by atomic mass is 9.73. The van der Waals surface area contributed by atoms with Crippen LogP contribution in [0.1, 0.15) is 19.4 Å². The molecular formula is C12H15BClFO2. The van der Waals surface area contributed by atoms with E-state index in [1.54, 1.807) is 13.0 Å². The van der Waals surface area contributed by atoms with E-state index in [2.05, 4.69) is 13.8 Å². The Morgan fingerprint density at radius 1 is 1.29 bits per heavy atom. The van der Waals surface area contributed by atoms with Gasteiger partial charge in [-0.2, -0.15) is 0 Å². The first-order valence-corrected chi connectivity index (χ1v) is 5.96. The van der Waals surface area contributed by atoms with Gasteiger partial charge in [0, 0.05) is 18.6 Å². The van der Waals surface area contributed by atoms with Crippen LogP contribution in [0.2, 0.25) is 5.02 Å². The highest BCUT2D eigenvalue weighted by atomic mass is 35.5. The quantitative estimate of drug-likeness (QED) is 0.719. The van der Waals surface area contributed by atoms with Crippen molar-refractivity contribution in [2.45, 2.75) is 20.8 Å². The summed E-state index contributed by atoms with van der Waals surface area (Å²) in [5, 5.41) is 0.127. The molecule has 0 aliphatic carbocycles. The minimum atomic E-state index is -0.491. The van der Waals surface area contributed by atoms with Crippen LogP contribution in [0.5, 0.6) is 0 Å². The molecule has 1 saturated heterocycles. The Kier molecular flexibility index (Phi) is 3.48. The van der Waals surface area contributed by atoms with E-state index in [1.165, 1.54) is 6.07 Å². The normalized spacial score (nSPS) is 19.5. The second-order valence-corrected chi connectivity index (χ2v) is 5.60. The van der Waals surface area contributed by atoms with E-state index >= 15 is 0 Å². The van der Waals surface area contributed by atoms with Crippen LogP contribution in [0, 0.1) is 18.2 Å². The summed E-state index contributed by atoms with van der Waals surface area (Å²) in [5.41, 5.74) is 1.21. The number of halogens is 2. The summed E-state index contributed by atoms with van der Waals surface area (Å²) < 4.78 is 24.9. The second-order valence-electron chi connectivity index (χ2n) is 5.19. The maximum Gasteiger partial charge on any atom is 0.494 e. The molecular weight excluding hydrogens is 241 g/mol. The van der Waals surface area contributed by atoms with Gasteiger partial charge in [0.05, 0.1) is 5.02 Å². The lowest BCUT2D eigenvalue weighted by molar-refractivity contribution is 0.0342. The molecule has 17 heavy (non-hydrogen) atoms. The molecule has 0 radical (unpaired) electrons. The summed E-state index contributed by atoms with van der Waals surface area (Å²) in [6.45, 7) is 7.02. The number of rotatable bonds is 1. The third-order valence-electron chi connectivity index (χ3n) is 2.89. The summed E-state index contributed by atoms with van der Waals surface area (Å²) in [6, 6.07) is 3.29. The van der Waals surface area contributed by atoms with Gasteiger partial charge in [-0.15, -0.1) is 0 Å². The van der Waals surface area contributed by atoms with E-state index in [4.69, 9.17) is 20.9 Å². The number of hydrogen-bond acceptors (Lipinski definition) is 2. The topological polar surface area (TPSA) is 18.5 Å². The highest BCUT2D eigenvalue weighted by Crippen LogP contribution is 2.23. The van der Waals surface area contributed by atoms with Gasteiger partial charge in [-0.05, 0) is 24.0 Å². The fourth-order valence-electron chi connectivity index (χ4n) is 1.79. The average Bonchev–Trinajstić information content (AvgIpc) is 2.27. The molecule has 0 saturated carbocycles. The molecule has 1 aromatic carbocycles. The van der Waals surface area contributed by atoms with Crippen molar-refractivity contribution >= 4 is 24.2 Å². The van der Waals surface area contributed by atoms with E-state index in [9.17, 15) is 4.39 Å². The van der Waals surface area contributed by atoms with Gasteiger partial charge < -0.3 is 9.31 Å². The Hall–Kier alpha value is -0.575. The van der Waals surface area contributed by atoms with Crippen LogP contribution < -0.4 is 5.46 Å². The Labute approximate surface area is 106 Å². The van der Waals surface area contributed by atoms with Crippen LogP contribution in [0.3, 0.4) is 0 Å². The van der Waals surface area contributed by atoms with Gasteiger partial charge >= 0.3 is 7.12 Å². The molecule has 1 fully saturated rings. The summed E-state index contributed by atoms with van der Waals surface area (Å²) in [5.74, 6) is -0.402. The molecule has 0 spiro atoms. The molecule has 1 aliphatic heterocycles. The van der Waals surface area contributed by atoms with Gasteiger partial charge in [-0.25, -0.2) is 4.39 Å². The zero-order valence-corrected chi connectivity index (χ0v) is 11.0. The van der Waals surface area contributed by atoms with Crippen molar-refractivity contribution in [1.29, 1.82) is 0 Å². The van der Waals surface area contributed by atoms with Crippen molar-refractivity contribution in [3.63, 3.8) is 0 Å². The van der Waals surface area contributed by atoms with E-state index in [-0.39, 0.29) is 10.4 Å². The summed E-state index contributed by atoms with van der Waals surface area (Å²) in [7, 11) is -0.491. The highest BCUT2D eigenvalue weighted by molar-refractivity contribution is 6.62. The fourth-order valence-corrected chi connectivity index (χ4v) is 2.00. The van der Waals surface area contributed by atoms with Crippen LogP contribution in [-0.2, 0) is 9.31 Å². The smallest absolute Gasteiger partial charge is 0.407 e. The van der Waals surface area contributed by atoms with Crippen molar-refractivity contribution in [2.75, 3.05) is 13.2 Å². The van der Waals surface area contributed by atoms with Crippen LogP contribution in [0.25, 0.3) is 0 Å². The van der Waals surface area contributed by atoms with E-state index < -0.39 is 12.9 Å². The number of hydrogen-bond donors (Lipinski definition) is 0. The first-order chi connectivity index (χ1) is 7.91. The maximum absolute atomic E-state index is 13.7. The predicted octanol–water partition coefficient (Wildman–Crippen LogP) is 2.56. The molecule has 0 N–H and O–H groups in total. The van der Waals surface area contributed by atoms with Gasteiger partial charge in [0.1, 0.15) is 5.82 Å². The summed E-state index contributed by atoms with van der Waals surface area (Å²) >= 11 is 5.71. The zero-order chi connectivity index (χ0) is 12.6. The Morgan fingerprint density at radius 2 is 1.88 bits per heavy atom. The third kappa shape index (κ3) is 2.64. The zero-order valence-electron chi connectivity index (χ0n) is 10.2. The first-order valence-electron chi connectivity index (χ1n) is 5.58. The lowest BCUT2D eigenvalue weighted by Gasteiger charge is -2.33. The average molecular weight is 257 g/mol. The predicted molar refractivity (Wildman–Crippen MR) is 67.2 cm³/mol. The fraction of sp³-hybridized carbons (Fsp3) is 0.500. The molecule has 2 nitrogen and oxygen atoms in total. The Morgan fingerprint density at radius 3 is 2.47 bits per heavy atom. The SMILES string of the molecule is Cc1c(B2OCC(C)(C)CO2)ccc(Cl)c1F. The lowest BCUT2D eigenvalue weighted by Crippen LogP contribution is -2.48. The summed E-state index contributed by atoms with van der Waals surface area (Å²) in [6.07, 6.45) is 0. The van der Waals surface area contributed by atoms with Gasteiger partial charge in [0.25, 0.3) is 0 Å². The molecule has 0 bridgehead atoms. The molecule has 0 atom stereocenters.